The Hall–Kier alpha value is -3.75. The summed E-state index contributed by atoms with van der Waals surface area (Å²) in [6.07, 6.45) is -3.17. The van der Waals surface area contributed by atoms with Gasteiger partial charge >= 0.3 is 6.18 Å². The van der Waals surface area contributed by atoms with Crippen LogP contribution < -0.4 is 15.4 Å². The normalized spacial score (nSPS) is 11.1. The number of anilines is 1. The van der Waals surface area contributed by atoms with Gasteiger partial charge in [-0.1, -0.05) is 24.3 Å². The second-order valence-electron chi connectivity index (χ2n) is 6.66. The molecule has 0 bridgehead atoms. The van der Waals surface area contributed by atoms with E-state index in [0.717, 1.165) is 0 Å². The molecular formula is C22H19F3N2O4. The highest BCUT2D eigenvalue weighted by molar-refractivity contribution is 6.04. The molecule has 6 nitrogen and oxygen atoms in total. The number of alkyl halides is 3. The van der Waals surface area contributed by atoms with Crippen molar-refractivity contribution in [3.05, 3.63) is 83.3 Å². The Morgan fingerprint density at radius 1 is 1.03 bits per heavy atom. The van der Waals surface area contributed by atoms with Crippen molar-refractivity contribution in [1.82, 2.24) is 5.32 Å². The van der Waals surface area contributed by atoms with Crippen molar-refractivity contribution in [2.75, 3.05) is 11.9 Å². The average molecular weight is 432 g/mol. The topological polar surface area (TPSA) is 80.6 Å². The number of ether oxygens (including phenoxy) is 1. The minimum Gasteiger partial charge on any atom is -0.489 e. The number of carbonyl (C=O) groups excluding carboxylic acids is 2. The van der Waals surface area contributed by atoms with Gasteiger partial charge in [-0.25, -0.2) is 0 Å². The molecule has 0 radical (unpaired) electrons. The fourth-order valence-electron chi connectivity index (χ4n) is 2.69. The average Bonchev–Trinajstić information content (AvgIpc) is 3.21. The van der Waals surface area contributed by atoms with Crippen LogP contribution in [-0.4, -0.2) is 24.5 Å². The van der Waals surface area contributed by atoms with Gasteiger partial charge in [0.25, 0.3) is 11.8 Å². The molecule has 2 amide bonds. The Labute approximate surface area is 176 Å². The highest BCUT2D eigenvalue weighted by atomic mass is 19.4. The minimum absolute atomic E-state index is 0.0165. The van der Waals surface area contributed by atoms with Crippen molar-refractivity contribution in [2.45, 2.75) is 19.7 Å². The smallest absolute Gasteiger partial charge is 0.405 e. The Morgan fingerprint density at radius 3 is 2.48 bits per heavy atom. The number of nitrogens with one attached hydrogen (secondary N) is 2. The molecular weight excluding hydrogens is 413 g/mol. The predicted molar refractivity (Wildman–Crippen MR) is 107 cm³/mol. The number of carbonyl (C=O) groups is 2. The lowest BCUT2D eigenvalue weighted by Crippen LogP contribution is -2.33. The first-order chi connectivity index (χ1) is 14.7. The van der Waals surface area contributed by atoms with Gasteiger partial charge in [0.05, 0.1) is 6.26 Å². The highest BCUT2D eigenvalue weighted by Gasteiger charge is 2.28. The van der Waals surface area contributed by atoms with Gasteiger partial charge in [-0.3, -0.25) is 9.59 Å². The molecule has 31 heavy (non-hydrogen) atoms. The van der Waals surface area contributed by atoms with Gasteiger partial charge in [-0.15, -0.1) is 0 Å². The largest absolute Gasteiger partial charge is 0.489 e. The first kappa shape index (κ1) is 21.9. The van der Waals surface area contributed by atoms with Gasteiger partial charge in [0.15, 0.2) is 5.76 Å². The molecule has 2 aromatic carbocycles. The molecule has 0 spiro atoms. The number of hydrogen-bond donors (Lipinski definition) is 2. The maximum Gasteiger partial charge on any atom is 0.405 e. The van der Waals surface area contributed by atoms with Gasteiger partial charge in [0, 0.05) is 16.8 Å². The summed E-state index contributed by atoms with van der Waals surface area (Å²) < 4.78 is 47.9. The van der Waals surface area contributed by atoms with Gasteiger partial charge in [0.1, 0.15) is 18.9 Å². The molecule has 1 heterocycles. The zero-order chi connectivity index (χ0) is 22.4. The van der Waals surface area contributed by atoms with E-state index >= 15 is 0 Å². The third kappa shape index (κ3) is 6.11. The zero-order valence-corrected chi connectivity index (χ0v) is 16.5. The molecule has 9 heteroatoms. The third-order valence-electron chi connectivity index (χ3n) is 4.29. The van der Waals surface area contributed by atoms with E-state index in [1.807, 2.05) is 18.2 Å². The van der Waals surface area contributed by atoms with E-state index in [1.54, 1.807) is 30.4 Å². The van der Waals surface area contributed by atoms with Crippen LogP contribution in [0.3, 0.4) is 0 Å². The maximum atomic E-state index is 12.7. The van der Waals surface area contributed by atoms with E-state index < -0.39 is 24.5 Å². The summed E-state index contributed by atoms with van der Waals surface area (Å²) in [4.78, 5) is 24.7. The van der Waals surface area contributed by atoms with E-state index in [1.165, 1.54) is 24.5 Å². The standard InChI is InChI=1S/C22H19F3N2O4/c1-14-7-8-15(20(28)26-13-22(23,24)25)11-18(14)27-21(29)19-16(9-10-30-19)12-31-17-5-3-2-4-6-17/h2-11H,12-13H2,1H3,(H,26,28)(H,27,29). The first-order valence-electron chi connectivity index (χ1n) is 9.24. The van der Waals surface area contributed by atoms with Crippen LogP contribution in [0.2, 0.25) is 0 Å². The molecule has 162 valence electrons. The molecule has 0 unspecified atom stereocenters. The summed E-state index contributed by atoms with van der Waals surface area (Å²) in [5.41, 5.74) is 1.39. The van der Waals surface area contributed by atoms with E-state index in [9.17, 15) is 22.8 Å². The van der Waals surface area contributed by atoms with Crippen LogP contribution in [0.4, 0.5) is 18.9 Å². The number of furan rings is 1. The van der Waals surface area contributed by atoms with Gasteiger partial charge in [0.2, 0.25) is 0 Å². The van der Waals surface area contributed by atoms with Crippen LogP contribution in [0.5, 0.6) is 5.75 Å². The lowest BCUT2D eigenvalue weighted by Gasteiger charge is -2.12. The van der Waals surface area contributed by atoms with Crippen molar-refractivity contribution in [3.63, 3.8) is 0 Å². The fraction of sp³-hybridized carbons (Fsp3) is 0.182. The molecule has 2 N–H and O–H groups in total. The van der Waals surface area contributed by atoms with Crippen LogP contribution in [0.25, 0.3) is 0 Å². The highest BCUT2D eigenvalue weighted by Crippen LogP contribution is 2.21. The maximum absolute atomic E-state index is 12.7. The number of para-hydroxylation sites is 1. The molecule has 0 atom stereocenters. The second-order valence-corrected chi connectivity index (χ2v) is 6.66. The van der Waals surface area contributed by atoms with E-state index in [4.69, 9.17) is 9.15 Å². The minimum atomic E-state index is -4.52. The molecule has 3 aromatic rings. The Balaban J connectivity index is 1.69. The summed E-state index contributed by atoms with van der Waals surface area (Å²) in [5, 5.41) is 4.42. The summed E-state index contributed by atoms with van der Waals surface area (Å²) in [7, 11) is 0. The monoisotopic (exact) mass is 432 g/mol. The fourth-order valence-corrected chi connectivity index (χ4v) is 2.69. The van der Waals surface area contributed by atoms with Gasteiger partial charge in [-0.05, 0) is 42.8 Å². The second kappa shape index (κ2) is 9.38. The molecule has 0 saturated heterocycles. The third-order valence-corrected chi connectivity index (χ3v) is 4.29. The lowest BCUT2D eigenvalue weighted by molar-refractivity contribution is -0.123. The van der Waals surface area contributed by atoms with Gasteiger partial charge in [-0.2, -0.15) is 13.2 Å². The molecule has 0 saturated carbocycles. The Kier molecular flexibility index (Phi) is 6.64. The number of amides is 2. The zero-order valence-electron chi connectivity index (χ0n) is 16.5. The van der Waals surface area contributed by atoms with E-state index in [0.29, 0.717) is 16.9 Å². The van der Waals surface area contributed by atoms with E-state index in [-0.39, 0.29) is 23.6 Å². The van der Waals surface area contributed by atoms with Crippen molar-refractivity contribution in [2.24, 2.45) is 0 Å². The van der Waals surface area contributed by atoms with Gasteiger partial charge < -0.3 is 19.8 Å². The number of aryl methyl sites for hydroxylation is 1. The van der Waals surface area contributed by atoms with Crippen LogP contribution in [0.1, 0.15) is 32.0 Å². The van der Waals surface area contributed by atoms with Crippen LogP contribution >= 0.6 is 0 Å². The lowest BCUT2D eigenvalue weighted by atomic mass is 10.1. The summed E-state index contributed by atoms with van der Waals surface area (Å²) in [5.74, 6) is -0.818. The first-order valence-corrected chi connectivity index (χ1v) is 9.24. The quantitative estimate of drug-likeness (QED) is 0.567. The Bertz CT molecular complexity index is 1060. The van der Waals surface area contributed by atoms with Crippen molar-refractivity contribution in [3.8, 4) is 5.75 Å². The number of halogens is 3. The molecule has 1 aromatic heterocycles. The number of hydrogen-bond acceptors (Lipinski definition) is 4. The van der Waals surface area contributed by atoms with Crippen LogP contribution in [0.15, 0.2) is 65.3 Å². The predicted octanol–water partition coefficient (Wildman–Crippen LogP) is 4.71. The molecule has 0 fully saturated rings. The van der Waals surface area contributed by atoms with Crippen LogP contribution in [0, 0.1) is 6.92 Å². The van der Waals surface area contributed by atoms with Crippen molar-refractivity contribution >= 4 is 17.5 Å². The number of benzene rings is 2. The molecule has 0 aliphatic heterocycles. The molecule has 0 aliphatic rings. The van der Waals surface area contributed by atoms with E-state index in [2.05, 4.69) is 5.32 Å². The summed E-state index contributed by atoms with van der Waals surface area (Å²) in [6, 6.07) is 14.9. The SMILES string of the molecule is Cc1ccc(C(=O)NCC(F)(F)F)cc1NC(=O)c1occc1COc1ccccc1. The number of rotatable bonds is 7. The Morgan fingerprint density at radius 2 is 1.77 bits per heavy atom. The molecule has 0 aliphatic carbocycles. The summed E-state index contributed by atoms with van der Waals surface area (Å²) >= 11 is 0. The van der Waals surface area contributed by atoms with Crippen LogP contribution in [-0.2, 0) is 6.61 Å². The van der Waals surface area contributed by atoms with Crippen molar-refractivity contribution < 1.29 is 31.9 Å². The summed E-state index contributed by atoms with van der Waals surface area (Å²) in [6.45, 7) is 0.343. The van der Waals surface area contributed by atoms with Crippen molar-refractivity contribution in [1.29, 1.82) is 0 Å². The molecule has 3 rings (SSSR count).